The third-order valence-electron chi connectivity index (χ3n) is 3.71. The van der Waals surface area contributed by atoms with E-state index in [2.05, 4.69) is 5.32 Å². The summed E-state index contributed by atoms with van der Waals surface area (Å²) in [6.45, 7) is 1.24. The van der Waals surface area contributed by atoms with Crippen LogP contribution in [0.5, 0.6) is 0 Å². The second-order valence-corrected chi connectivity index (χ2v) is 5.51. The van der Waals surface area contributed by atoms with E-state index in [9.17, 15) is 27.2 Å². The second-order valence-electron chi connectivity index (χ2n) is 5.51. The first-order chi connectivity index (χ1) is 12.3. The van der Waals surface area contributed by atoms with Gasteiger partial charge >= 0.3 is 0 Å². The van der Waals surface area contributed by atoms with Crippen LogP contribution in [-0.2, 0) is 11.3 Å². The maximum Gasteiger partial charge on any atom is 0.254 e. The molecule has 0 fully saturated rings. The van der Waals surface area contributed by atoms with Crippen LogP contribution in [0.25, 0.3) is 0 Å². The Morgan fingerprint density at radius 1 is 0.962 bits per heavy atom. The first kappa shape index (κ1) is 19.4. The van der Waals surface area contributed by atoms with Crippen LogP contribution in [0, 0.1) is 23.3 Å². The third kappa shape index (κ3) is 4.59. The number of nitrogens with one attached hydrogen (secondary N) is 1. The Morgan fingerprint density at radius 2 is 1.65 bits per heavy atom. The molecular weight excluding hydrogens is 352 g/mol. The van der Waals surface area contributed by atoms with Gasteiger partial charge < -0.3 is 10.2 Å². The van der Waals surface area contributed by atoms with Crippen molar-refractivity contribution < 1.29 is 27.2 Å². The molecule has 2 rings (SSSR count). The zero-order valence-corrected chi connectivity index (χ0v) is 13.9. The van der Waals surface area contributed by atoms with E-state index in [0.29, 0.717) is 11.6 Å². The van der Waals surface area contributed by atoms with Gasteiger partial charge in [0.05, 0.1) is 5.56 Å². The lowest BCUT2D eigenvalue weighted by molar-refractivity contribution is -0.129. The van der Waals surface area contributed by atoms with E-state index in [-0.39, 0.29) is 25.5 Å². The Labute approximate surface area is 147 Å². The van der Waals surface area contributed by atoms with Gasteiger partial charge in [-0.25, -0.2) is 17.6 Å². The van der Waals surface area contributed by atoms with Gasteiger partial charge in [0.25, 0.3) is 5.91 Å². The molecule has 138 valence electrons. The Balaban J connectivity index is 1.98. The van der Waals surface area contributed by atoms with E-state index in [1.54, 1.807) is 6.07 Å². The van der Waals surface area contributed by atoms with Gasteiger partial charge in [-0.05, 0) is 18.2 Å². The molecule has 0 unspecified atom stereocenters. The minimum absolute atomic E-state index is 0.00256. The first-order valence-electron chi connectivity index (χ1n) is 7.72. The van der Waals surface area contributed by atoms with E-state index in [0.717, 1.165) is 6.07 Å². The summed E-state index contributed by atoms with van der Waals surface area (Å²) in [4.78, 5) is 24.9. The van der Waals surface area contributed by atoms with Crippen molar-refractivity contribution in [2.45, 2.75) is 13.5 Å². The molecular formula is C18H16F4N2O2. The summed E-state index contributed by atoms with van der Waals surface area (Å²) in [5.74, 6) is -6.48. The number of hydrogen-bond acceptors (Lipinski definition) is 2. The Kier molecular flexibility index (Phi) is 6.32. The molecule has 4 nitrogen and oxygen atoms in total. The molecule has 2 amide bonds. The molecule has 0 aromatic heterocycles. The summed E-state index contributed by atoms with van der Waals surface area (Å²) in [5, 5.41) is 2.32. The van der Waals surface area contributed by atoms with Gasteiger partial charge in [-0.15, -0.1) is 0 Å². The maximum absolute atomic E-state index is 13.7. The third-order valence-corrected chi connectivity index (χ3v) is 3.71. The Morgan fingerprint density at radius 3 is 2.31 bits per heavy atom. The summed E-state index contributed by atoms with van der Waals surface area (Å²) in [5.41, 5.74) is -0.340. The van der Waals surface area contributed by atoms with Gasteiger partial charge in [0.15, 0.2) is 17.5 Å². The number of rotatable bonds is 6. The number of carbonyl (C=O) groups excluding carboxylic acids is 2. The second kappa shape index (κ2) is 8.46. The predicted molar refractivity (Wildman–Crippen MR) is 86.1 cm³/mol. The molecule has 0 atom stereocenters. The van der Waals surface area contributed by atoms with Crippen LogP contribution in [0.15, 0.2) is 36.4 Å². The highest BCUT2D eigenvalue weighted by atomic mass is 19.2. The molecule has 8 heteroatoms. The first-order valence-corrected chi connectivity index (χ1v) is 7.72. The van der Waals surface area contributed by atoms with Gasteiger partial charge in [-0.2, -0.15) is 0 Å². The number of benzene rings is 2. The fourth-order valence-electron chi connectivity index (χ4n) is 2.28. The van der Waals surface area contributed by atoms with Gasteiger partial charge in [0.1, 0.15) is 5.82 Å². The normalized spacial score (nSPS) is 10.5. The largest absolute Gasteiger partial charge is 0.350 e. The highest BCUT2D eigenvalue weighted by molar-refractivity contribution is 5.94. The average molecular weight is 368 g/mol. The van der Waals surface area contributed by atoms with E-state index >= 15 is 0 Å². The molecule has 0 saturated heterocycles. The monoisotopic (exact) mass is 368 g/mol. The number of halogens is 4. The zero-order chi connectivity index (χ0) is 19.3. The van der Waals surface area contributed by atoms with E-state index in [4.69, 9.17) is 0 Å². The van der Waals surface area contributed by atoms with Gasteiger partial charge in [-0.3, -0.25) is 9.59 Å². The lowest BCUT2D eigenvalue weighted by atomic mass is 10.2. The highest BCUT2D eigenvalue weighted by Crippen LogP contribution is 2.15. The fourth-order valence-corrected chi connectivity index (χ4v) is 2.28. The van der Waals surface area contributed by atoms with E-state index in [1.807, 2.05) is 0 Å². The van der Waals surface area contributed by atoms with Crippen LogP contribution in [0.4, 0.5) is 17.6 Å². The molecule has 1 N–H and O–H groups in total. The highest BCUT2D eigenvalue weighted by Gasteiger charge is 2.19. The summed E-state index contributed by atoms with van der Waals surface area (Å²) in [6, 6.07) is 7.41. The van der Waals surface area contributed by atoms with Crippen molar-refractivity contribution in [2.24, 2.45) is 0 Å². The fraction of sp³-hybridized carbons (Fsp3) is 0.222. The van der Waals surface area contributed by atoms with Crippen molar-refractivity contribution in [3.05, 3.63) is 70.8 Å². The summed E-state index contributed by atoms with van der Waals surface area (Å²) < 4.78 is 53.3. The van der Waals surface area contributed by atoms with E-state index < -0.39 is 34.7 Å². The van der Waals surface area contributed by atoms with Crippen LogP contribution in [-0.4, -0.2) is 29.8 Å². The van der Waals surface area contributed by atoms with Crippen molar-refractivity contribution >= 4 is 11.8 Å². The molecule has 0 aliphatic rings. The van der Waals surface area contributed by atoms with Crippen molar-refractivity contribution in [1.29, 1.82) is 0 Å². The minimum Gasteiger partial charge on any atom is -0.350 e. The molecule has 0 aliphatic carbocycles. The number of amides is 2. The maximum atomic E-state index is 13.7. The topological polar surface area (TPSA) is 49.4 Å². The van der Waals surface area contributed by atoms with Crippen LogP contribution in [0.2, 0.25) is 0 Å². The van der Waals surface area contributed by atoms with Crippen molar-refractivity contribution in [1.82, 2.24) is 10.2 Å². The molecule has 26 heavy (non-hydrogen) atoms. The molecule has 0 heterocycles. The predicted octanol–water partition coefficient (Wildman–Crippen LogP) is 3.02. The van der Waals surface area contributed by atoms with Crippen molar-refractivity contribution in [3.8, 4) is 0 Å². The van der Waals surface area contributed by atoms with Crippen LogP contribution in [0.1, 0.15) is 22.8 Å². The molecule has 0 spiro atoms. The summed E-state index contributed by atoms with van der Waals surface area (Å²) in [6.07, 6.45) is 0. The van der Waals surface area contributed by atoms with E-state index in [1.165, 1.54) is 30.0 Å². The summed E-state index contributed by atoms with van der Waals surface area (Å²) >= 11 is 0. The minimum atomic E-state index is -1.73. The number of nitrogens with zero attached hydrogens (tertiary/aromatic N) is 1. The van der Waals surface area contributed by atoms with Crippen molar-refractivity contribution in [2.75, 3.05) is 13.1 Å². The van der Waals surface area contributed by atoms with Crippen LogP contribution in [0.3, 0.4) is 0 Å². The molecule has 0 saturated carbocycles. The number of carbonyl (C=O) groups is 2. The Bertz CT molecular complexity index is 827. The number of hydrogen-bond donors (Lipinski definition) is 1. The quantitative estimate of drug-likeness (QED) is 0.630. The van der Waals surface area contributed by atoms with Crippen molar-refractivity contribution in [3.63, 3.8) is 0 Å². The standard InChI is InChI=1S/C18H16F4N2O2/c1-11(25)24(10-12-4-2-3-5-14(12)19)9-8-23-18(26)13-6-7-15(20)17(22)16(13)21/h2-7H,8-10H2,1H3,(H,23,26). The SMILES string of the molecule is CC(=O)N(CCNC(=O)c1ccc(F)c(F)c1F)Cc1ccccc1F. The van der Waals surface area contributed by atoms with Gasteiger partial charge in [0, 0.05) is 32.1 Å². The molecule has 0 aliphatic heterocycles. The smallest absolute Gasteiger partial charge is 0.254 e. The average Bonchev–Trinajstić information content (AvgIpc) is 2.60. The lowest BCUT2D eigenvalue weighted by Crippen LogP contribution is -2.37. The molecule has 2 aromatic carbocycles. The van der Waals surface area contributed by atoms with Crippen LogP contribution >= 0.6 is 0 Å². The van der Waals surface area contributed by atoms with Crippen LogP contribution < -0.4 is 5.32 Å². The Hall–Kier alpha value is -2.90. The van der Waals surface area contributed by atoms with Gasteiger partial charge in [0.2, 0.25) is 5.91 Å². The molecule has 0 bridgehead atoms. The zero-order valence-electron chi connectivity index (χ0n) is 13.9. The molecule has 0 radical (unpaired) electrons. The molecule has 2 aromatic rings. The van der Waals surface area contributed by atoms with Gasteiger partial charge in [-0.1, -0.05) is 18.2 Å². The summed E-state index contributed by atoms with van der Waals surface area (Å²) in [7, 11) is 0. The lowest BCUT2D eigenvalue weighted by Gasteiger charge is -2.21.